The fourth-order valence-electron chi connectivity index (χ4n) is 3.27. The minimum Gasteiger partial charge on any atom is -0.384 e. The molecule has 146 valence electrons. The average Bonchev–Trinajstić information content (AvgIpc) is 3.08. The molecule has 8 nitrogen and oxygen atoms in total. The number of likely N-dealkylation sites (tertiary alicyclic amines) is 1. The van der Waals surface area contributed by atoms with Gasteiger partial charge in [-0.05, 0) is 25.3 Å². The van der Waals surface area contributed by atoms with Crippen molar-refractivity contribution in [3.8, 4) is 0 Å². The Labute approximate surface area is 158 Å². The number of nitrogens with one attached hydrogen (secondary N) is 1. The molecule has 0 aliphatic carbocycles. The van der Waals surface area contributed by atoms with Crippen LogP contribution in [0.25, 0.3) is 0 Å². The molecule has 0 bridgehead atoms. The van der Waals surface area contributed by atoms with Crippen molar-refractivity contribution in [3.05, 3.63) is 48.2 Å². The third-order valence-corrected chi connectivity index (χ3v) is 5.84. The van der Waals surface area contributed by atoms with Gasteiger partial charge in [0, 0.05) is 19.2 Å². The third-order valence-electron chi connectivity index (χ3n) is 4.61. The molecule has 9 heteroatoms. The van der Waals surface area contributed by atoms with E-state index in [2.05, 4.69) is 9.82 Å². The van der Waals surface area contributed by atoms with Gasteiger partial charge in [-0.3, -0.25) is 9.52 Å². The molecule has 0 spiro atoms. The van der Waals surface area contributed by atoms with Gasteiger partial charge in [0.05, 0.1) is 18.0 Å². The number of nitrogens with zero attached hydrogens (tertiary/aromatic N) is 3. The van der Waals surface area contributed by atoms with Gasteiger partial charge in [-0.25, -0.2) is 13.1 Å². The number of rotatable bonds is 6. The van der Waals surface area contributed by atoms with E-state index in [1.807, 2.05) is 6.07 Å². The van der Waals surface area contributed by atoms with Gasteiger partial charge in [0.1, 0.15) is 11.9 Å². The van der Waals surface area contributed by atoms with Crippen LogP contribution in [-0.4, -0.2) is 53.3 Å². The van der Waals surface area contributed by atoms with Gasteiger partial charge >= 0.3 is 0 Å². The first-order chi connectivity index (χ1) is 12.9. The molecule has 1 amide bonds. The zero-order chi connectivity index (χ0) is 19.4. The van der Waals surface area contributed by atoms with E-state index in [1.165, 1.54) is 6.92 Å². The van der Waals surface area contributed by atoms with Crippen molar-refractivity contribution in [1.29, 1.82) is 0 Å². The number of benzene rings is 1. The summed E-state index contributed by atoms with van der Waals surface area (Å²) in [5, 5.41) is 13.7. The Morgan fingerprint density at radius 2 is 1.93 bits per heavy atom. The molecule has 2 aromatic rings. The van der Waals surface area contributed by atoms with E-state index in [4.69, 9.17) is 0 Å². The van der Waals surface area contributed by atoms with Crippen LogP contribution in [0, 0.1) is 0 Å². The van der Waals surface area contributed by atoms with E-state index < -0.39 is 16.1 Å². The van der Waals surface area contributed by atoms with Gasteiger partial charge < -0.3 is 10.0 Å². The van der Waals surface area contributed by atoms with Gasteiger partial charge in [-0.15, -0.1) is 0 Å². The maximum Gasteiger partial charge on any atom is 0.251 e. The predicted octanol–water partition coefficient (Wildman–Crippen LogP) is 1.37. The summed E-state index contributed by atoms with van der Waals surface area (Å²) in [4.78, 5) is 13.5. The molecule has 1 aromatic heterocycles. The molecule has 1 unspecified atom stereocenters. The quantitative estimate of drug-likeness (QED) is 0.773. The monoisotopic (exact) mass is 392 g/mol. The third kappa shape index (κ3) is 4.86. The van der Waals surface area contributed by atoms with Crippen LogP contribution in [0.15, 0.2) is 42.6 Å². The van der Waals surface area contributed by atoms with Crippen LogP contribution in [0.5, 0.6) is 0 Å². The summed E-state index contributed by atoms with van der Waals surface area (Å²) in [7, 11) is -3.56. The lowest BCUT2D eigenvalue weighted by Crippen LogP contribution is -2.43. The average molecular weight is 392 g/mol. The van der Waals surface area contributed by atoms with Crippen LogP contribution in [0.2, 0.25) is 0 Å². The fourth-order valence-corrected chi connectivity index (χ4v) is 4.45. The van der Waals surface area contributed by atoms with E-state index in [1.54, 1.807) is 46.1 Å². The van der Waals surface area contributed by atoms with Crippen LogP contribution >= 0.6 is 0 Å². The summed E-state index contributed by atoms with van der Waals surface area (Å²) in [6.45, 7) is 2.47. The number of aliphatic hydroxyl groups excluding tert-OH is 1. The minimum atomic E-state index is -3.56. The van der Waals surface area contributed by atoms with Gasteiger partial charge in [0.2, 0.25) is 10.0 Å². The molecule has 2 heterocycles. The molecule has 0 radical (unpaired) electrons. The Bertz CT molecular complexity index is 872. The Hall–Kier alpha value is -2.39. The lowest BCUT2D eigenvalue weighted by molar-refractivity contribution is -0.140. The minimum absolute atomic E-state index is 0.00697. The first-order valence-corrected chi connectivity index (χ1v) is 10.6. The summed E-state index contributed by atoms with van der Waals surface area (Å²) >= 11 is 0. The van der Waals surface area contributed by atoms with Crippen molar-refractivity contribution in [2.75, 3.05) is 17.8 Å². The molecule has 1 atom stereocenters. The highest BCUT2D eigenvalue weighted by atomic mass is 32.2. The lowest BCUT2D eigenvalue weighted by Gasteiger charge is -2.33. The molecule has 1 aliphatic heterocycles. The summed E-state index contributed by atoms with van der Waals surface area (Å²) < 4.78 is 29.3. The fraction of sp³-hybridized carbons (Fsp3) is 0.444. The number of aromatic nitrogens is 2. The van der Waals surface area contributed by atoms with E-state index in [0.717, 1.165) is 0 Å². The highest BCUT2D eigenvalue weighted by molar-refractivity contribution is 7.91. The second-order valence-electron chi connectivity index (χ2n) is 6.74. The van der Waals surface area contributed by atoms with E-state index in [0.29, 0.717) is 37.3 Å². The lowest BCUT2D eigenvalue weighted by atomic mass is 10.0. The van der Waals surface area contributed by atoms with Crippen molar-refractivity contribution in [1.82, 2.24) is 14.7 Å². The van der Waals surface area contributed by atoms with Crippen molar-refractivity contribution in [2.24, 2.45) is 0 Å². The number of amides is 1. The molecule has 1 aromatic carbocycles. The largest absolute Gasteiger partial charge is 0.384 e. The Morgan fingerprint density at radius 3 is 2.56 bits per heavy atom. The number of sulfonamides is 1. The summed E-state index contributed by atoms with van der Waals surface area (Å²) in [6, 6.07) is 10.6. The number of piperidine rings is 1. The number of carbonyl (C=O) groups excluding carboxylic acids is 1. The highest BCUT2D eigenvalue weighted by Gasteiger charge is 2.27. The normalized spacial score (nSPS) is 16.9. The molecular formula is C18H24N4O4S. The maximum atomic E-state index is 12.5. The zero-order valence-electron chi connectivity index (χ0n) is 15.2. The summed E-state index contributed by atoms with van der Waals surface area (Å²) in [6.07, 6.45) is 1.85. The van der Waals surface area contributed by atoms with Crippen LogP contribution in [0.1, 0.15) is 31.4 Å². The highest BCUT2D eigenvalue weighted by Crippen LogP contribution is 2.26. The molecule has 1 saturated heterocycles. The van der Waals surface area contributed by atoms with Crippen LogP contribution in [-0.2, 0) is 20.6 Å². The predicted molar refractivity (Wildman–Crippen MR) is 101 cm³/mol. The second-order valence-corrected chi connectivity index (χ2v) is 8.46. The maximum absolute atomic E-state index is 12.5. The topological polar surface area (TPSA) is 105 Å². The first kappa shape index (κ1) is 19.4. The molecule has 27 heavy (non-hydrogen) atoms. The van der Waals surface area contributed by atoms with Crippen LogP contribution in [0.4, 0.5) is 5.82 Å². The SMILES string of the molecule is CC(O)C(=O)N1CCC(n2nccc2NS(=O)(=O)Cc2ccccc2)CC1. The van der Waals surface area contributed by atoms with Crippen LogP contribution < -0.4 is 4.72 Å². The number of carbonyl (C=O) groups is 1. The Balaban J connectivity index is 1.65. The smallest absolute Gasteiger partial charge is 0.251 e. The van der Waals surface area contributed by atoms with Gasteiger partial charge in [-0.1, -0.05) is 30.3 Å². The zero-order valence-corrected chi connectivity index (χ0v) is 16.0. The van der Waals surface area contributed by atoms with Gasteiger partial charge in [-0.2, -0.15) is 5.10 Å². The Kier molecular flexibility index (Phi) is 5.81. The molecule has 1 fully saturated rings. The van der Waals surface area contributed by atoms with Crippen molar-refractivity contribution < 1.29 is 18.3 Å². The number of hydrogen-bond acceptors (Lipinski definition) is 5. The van der Waals surface area contributed by atoms with E-state index >= 15 is 0 Å². The van der Waals surface area contributed by atoms with Crippen molar-refractivity contribution in [3.63, 3.8) is 0 Å². The van der Waals surface area contributed by atoms with E-state index in [-0.39, 0.29) is 17.7 Å². The standard InChI is InChI=1S/C18H24N4O4S/c1-14(23)18(24)21-11-8-16(9-12-21)22-17(7-10-19-22)20-27(25,26)13-15-5-3-2-4-6-15/h2-7,10,14,16,20,23H,8-9,11-13H2,1H3. The molecule has 3 rings (SSSR count). The van der Waals surface area contributed by atoms with Crippen molar-refractivity contribution in [2.45, 2.75) is 37.7 Å². The molecule has 2 N–H and O–H groups in total. The van der Waals surface area contributed by atoms with E-state index in [9.17, 15) is 18.3 Å². The number of aliphatic hydroxyl groups is 1. The molecule has 1 aliphatic rings. The number of hydrogen-bond donors (Lipinski definition) is 2. The van der Waals surface area contributed by atoms with Crippen molar-refractivity contribution >= 4 is 21.7 Å². The second kappa shape index (κ2) is 8.10. The molecular weight excluding hydrogens is 368 g/mol. The summed E-state index contributed by atoms with van der Waals surface area (Å²) in [5.74, 6) is 0.0318. The summed E-state index contributed by atoms with van der Waals surface area (Å²) in [5.41, 5.74) is 0.709. The first-order valence-electron chi connectivity index (χ1n) is 8.90. The Morgan fingerprint density at radius 1 is 1.26 bits per heavy atom. The number of anilines is 1. The van der Waals surface area contributed by atoms with Crippen LogP contribution in [0.3, 0.4) is 0 Å². The molecule has 0 saturated carbocycles. The van der Waals surface area contributed by atoms with Gasteiger partial charge in [0.15, 0.2) is 0 Å². The van der Waals surface area contributed by atoms with Gasteiger partial charge in [0.25, 0.3) is 5.91 Å².